The third-order valence-corrected chi connectivity index (χ3v) is 5.32. The Morgan fingerprint density at radius 1 is 1.22 bits per heavy atom. The largest absolute Gasteiger partial charge is 0.359 e. The van der Waals surface area contributed by atoms with Crippen LogP contribution in [0.25, 0.3) is 0 Å². The molecule has 0 bridgehead atoms. The summed E-state index contributed by atoms with van der Waals surface area (Å²) in [5.41, 5.74) is 2.86. The second-order valence-electron chi connectivity index (χ2n) is 7.63. The maximum Gasteiger partial charge on any atom is 0.137 e. The van der Waals surface area contributed by atoms with Crippen LogP contribution >= 0.6 is 0 Å². The van der Waals surface area contributed by atoms with Crippen LogP contribution in [0, 0.1) is 5.92 Å². The van der Waals surface area contributed by atoms with Crippen LogP contribution in [0.3, 0.4) is 0 Å². The van der Waals surface area contributed by atoms with Gasteiger partial charge in [-0.3, -0.25) is 4.90 Å². The third kappa shape index (κ3) is 4.14. The number of nitrogens with zero attached hydrogens (tertiary/aromatic N) is 2. The van der Waals surface area contributed by atoms with Gasteiger partial charge in [0.05, 0.1) is 6.61 Å². The van der Waals surface area contributed by atoms with Crippen molar-refractivity contribution >= 4 is 0 Å². The average molecular weight is 316 g/mol. The molecule has 2 aliphatic heterocycles. The van der Waals surface area contributed by atoms with Gasteiger partial charge in [0.2, 0.25) is 0 Å². The van der Waals surface area contributed by atoms with Gasteiger partial charge in [-0.2, -0.15) is 0 Å². The molecular weight excluding hydrogens is 284 g/mol. The molecule has 3 nitrogen and oxygen atoms in total. The molecule has 1 aromatic rings. The highest BCUT2D eigenvalue weighted by molar-refractivity contribution is 5.31. The molecule has 128 valence electrons. The first-order chi connectivity index (χ1) is 11.1. The first kappa shape index (κ1) is 16.9. The minimum absolute atomic E-state index is 0.147. The molecule has 1 saturated heterocycles. The van der Waals surface area contributed by atoms with Crippen molar-refractivity contribution in [2.75, 3.05) is 33.3 Å². The van der Waals surface area contributed by atoms with E-state index in [9.17, 15) is 0 Å². The normalized spacial score (nSPS) is 25.9. The maximum absolute atomic E-state index is 6.43. The van der Waals surface area contributed by atoms with Crippen LogP contribution in [-0.4, -0.2) is 49.1 Å². The van der Waals surface area contributed by atoms with Crippen molar-refractivity contribution in [1.29, 1.82) is 0 Å². The summed E-state index contributed by atoms with van der Waals surface area (Å²) in [7, 11) is 2.25. The molecule has 2 atom stereocenters. The van der Waals surface area contributed by atoms with Gasteiger partial charge in [-0.05, 0) is 56.3 Å². The van der Waals surface area contributed by atoms with Gasteiger partial charge < -0.3 is 9.64 Å². The first-order valence-electron chi connectivity index (χ1n) is 9.29. The SMILES string of the molecule is CC(C)CN1CCc2ccccc2C1OCCC1CCCN1C. The predicted octanol–water partition coefficient (Wildman–Crippen LogP) is 3.70. The van der Waals surface area contributed by atoms with E-state index < -0.39 is 0 Å². The van der Waals surface area contributed by atoms with E-state index in [4.69, 9.17) is 4.74 Å². The monoisotopic (exact) mass is 316 g/mol. The summed E-state index contributed by atoms with van der Waals surface area (Å²) in [6.45, 7) is 8.93. The smallest absolute Gasteiger partial charge is 0.137 e. The Hall–Kier alpha value is -0.900. The molecule has 3 rings (SSSR count). The lowest BCUT2D eigenvalue weighted by Crippen LogP contribution is -2.39. The van der Waals surface area contributed by atoms with Gasteiger partial charge in [0.1, 0.15) is 6.23 Å². The lowest BCUT2D eigenvalue weighted by atomic mass is 9.97. The fourth-order valence-corrected chi connectivity index (χ4v) is 4.09. The molecular formula is C20H32N2O. The van der Waals surface area contributed by atoms with Gasteiger partial charge in [0, 0.05) is 19.1 Å². The topological polar surface area (TPSA) is 15.7 Å². The molecule has 3 heteroatoms. The van der Waals surface area contributed by atoms with Crippen LogP contribution in [0.4, 0.5) is 0 Å². The summed E-state index contributed by atoms with van der Waals surface area (Å²) < 4.78 is 6.43. The van der Waals surface area contributed by atoms with Gasteiger partial charge in [0.15, 0.2) is 0 Å². The Morgan fingerprint density at radius 3 is 2.78 bits per heavy atom. The zero-order valence-electron chi connectivity index (χ0n) is 15.0. The van der Waals surface area contributed by atoms with E-state index in [2.05, 4.69) is 55.0 Å². The Labute approximate surface area is 141 Å². The van der Waals surface area contributed by atoms with Crippen LogP contribution in [0.1, 0.15) is 50.5 Å². The van der Waals surface area contributed by atoms with Crippen molar-refractivity contribution in [3.8, 4) is 0 Å². The number of hydrogen-bond donors (Lipinski definition) is 0. The Morgan fingerprint density at radius 2 is 2.04 bits per heavy atom. The molecule has 0 radical (unpaired) electrons. The fourth-order valence-electron chi connectivity index (χ4n) is 4.09. The zero-order chi connectivity index (χ0) is 16.2. The molecule has 0 spiro atoms. The van der Waals surface area contributed by atoms with E-state index in [1.807, 2.05) is 0 Å². The predicted molar refractivity (Wildman–Crippen MR) is 95.5 cm³/mol. The van der Waals surface area contributed by atoms with Crippen molar-refractivity contribution in [1.82, 2.24) is 9.80 Å². The van der Waals surface area contributed by atoms with Crippen LogP contribution in [-0.2, 0) is 11.2 Å². The van der Waals surface area contributed by atoms with Crippen molar-refractivity contribution in [3.05, 3.63) is 35.4 Å². The van der Waals surface area contributed by atoms with Crippen molar-refractivity contribution in [2.45, 2.75) is 51.8 Å². The standard InChI is InChI=1S/C20H32N2O/c1-16(2)15-22-13-10-17-7-4-5-9-19(17)20(22)23-14-11-18-8-6-12-21(18)3/h4-5,7,9,16,18,20H,6,8,10-15H2,1-3H3. The van der Waals surface area contributed by atoms with Crippen molar-refractivity contribution in [3.63, 3.8) is 0 Å². The molecule has 0 saturated carbocycles. The summed E-state index contributed by atoms with van der Waals surface area (Å²) >= 11 is 0. The Balaban J connectivity index is 1.65. The summed E-state index contributed by atoms with van der Waals surface area (Å²) in [6.07, 6.45) is 5.12. The second kappa shape index (κ2) is 7.78. The molecule has 2 aliphatic rings. The highest BCUT2D eigenvalue weighted by atomic mass is 16.5. The lowest BCUT2D eigenvalue weighted by Gasteiger charge is -2.38. The minimum Gasteiger partial charge on any atom is -0.359 e. The summed E-state index contributed by atoms with van der Waals surface area (Å²) in [5, 5.41) is 0. The summed E-state index contributed by atoms with van der Waals surface area (Å²) in [6, 6.07) is 9.55. The average Bonchev–Trinajstić information content (AvgIpc) is 2.94. The Kier molecular flexibility index (Phi) is 5.73. The zero-order valence-corrected chi connectivity index (χ0v) is 15.0. The first-order valence-corrected chi connectivity index (χ1v) is 9.29. The molecule has 1 aromatic carbocycles. The van der Waals surface area contributed by atoms with Crippen molar-refractivity contribution in [2.24, 2.45) is 5.92 Å². The molecule has 0 aromatic heterocycles. The number of fused-ring (bicyclic) bond motifs is 1. The van der Waals surface area contributed by atoms with E-state index in [0.717, 1.165) is 32.5 Å². The van der Waals surface area contributed by atoms with Crippen LogP contribution in [0.15, 0.2) is 24.3 Å². The molecule has 0 aliphatic carbocycles. The van der Waals surface area contributed by atoms with Crippen LogP contribution in [0.2, 0.25) is 0 Å². The number of hydrogen-bond acceptors (Lipinski definition) is 3. The highest BCUT2D eigenvalue weighted by Gasteiger charge is 2.29. The molecule has 0 amide bonds. The van der Waals surface area contributed by atoms with Gasteiger partial charge >= 0.3 is 0 Å². The minimum atomic E-state index is 0.147. The molecule has 23 heavy (non-hydrogen) atoms. The second-order valence-corrected chi connectivity index (χ2v) is 7.63. The van der Waals surface area contributed by atoms with Gasteiger partial charge in [-0.25, -0.2) is 0 Å². The van der Waals surface area contributed by atoms with E-state index >= 15 is 0 Å². The lowest BCUT2D eigenvalue weighted by molar-refractivity contribution is -0.0768. The van der Waals surface area contributed by atoms with Gasteiger partial charge in [0.25, 0.3) is 0 Å². The van der Waals surface area contributed by atoms with Crippen molar-refractivity contribution < 1.29 is 4.74 Å². The van der Waals surface area contributed by atoms with Crippen LogP contribution in [0.5, 0.6) is 0 Å². The maximum atomic E-state index is 6.43. The van der Waals surface area contributed by atoms with Gasteiger partial charge in [-0.1, -0.05) is 38.1 Å². The van der Waals surface area contributed by atoms with Crippen LogP contribution < -0.4 is 0 Å². The number of rotatable bonds is 6. The van der Waals surface area contributed by atoms with E-state index in [-0.39, 0.29) is 6.23 Å². The van der Waals surface area contributed by atoms with E-state index in [0.29, 0.717) is 12.0 Å². The fraction of sp³-hybridized carbons (Fsp3) is 0.700. The molecule has 0 N–H and O–H groups in total. The van der Waals surface area contributed by atoms with E-state index in [1.165, 1.54) is 30.5 Å². The Bertz CT molecular complexity index is 502. The molecule has 2 heterocycles. The quantitative estimate of drug-likeness (QED) is 0.796. The highest BCUT2D eigenvalue weighted by Crippen LogP contribution is 2.31. The number of ether oxygens (including phenoxy) is 1. The molecule has 2 unspecified atom stereocenters. The summed E-state index contributed by atoms with van der Waals surface area (Å²) in [5.74, 6) is 0.673. The molecule has 1 fully saturated rings. The summed E-state index contributed by atoms with van der Waals surface area (Å²) in [4.78, 5) is 5.02. The number of likely N-dealkylation sites (tertiary alicyclic amines) is 1. The number of benzene rings is 1. The van der Waals surface area contributed by atoms with E-state index in [1.54, 1.807) is 0 Å². The van der Waals surface area contributed by atoms with Gasteiger partial charge in [-0.15, -0.1) is 0 Å². The third-order valence-electron chi connectivity index (χ3n) is 5.32.